The van der Waals surface area contributed by atoms with Gasteiger partial charge >= 0.3 is 10.7 Å². The van der Waals surface area contributed by atoms with Crippen molar-refractivity contribution < 1.29 is 22.7 Å². The molecule has 0 radical (unpaired) electrons. The predicted molar refractivity (Wildman–Crippen MR) is 39.1 cm³/mol. The summed E-state index contributed by atoms with van der Waals surface area (Å²) in [5.41, 5.74) is -1.42. The second-order valence-corrected chi connectivity index (χ2v) is 3.89. The molecule has 0 atom stereocenters. The molecule has 0 spiro atoms. The molecule has 0 aromatic heterocycles. The van der Waals surface area contributed by atoms with Crippen molar-refractivity contribution in [3.05, 3.63) is 42.2 Å². The molecule has 0 aliphatic carbocycles. The molecule has 1 aliphatic rings. The molecule has 10 heteroatoms. The lowest BCUT2D eigenvalue weighted by Gasteiger charge is -1.88. The summed E-state index contributed by atoms with van der Waals surface area (Å²) in [5.74, 6) is -1.94. The Morgan fingerprint density at radius 1 is 1.21 bits per heavy atom. The van der Waals surface area contributed by atoms with Gasteiger partial charge in [-0.25, -0.2) is 8.42 Å². The van der Waals surface area contributed by atoms with Gasteiger partial charge < -0.3 is 0 Å². The van der Waals surface area contributed by atoms with E-state index in [1.165, 1.54) is 0 Å². The van der Waals surface area contributed by atoms with Crippen LogP contribution in [0.1, 0.15) is 0 Å². The Balaban J connectivity index is 3.49. The van der Waals surface area contributed by atoms with E-state index >= 15 is 0 Å². The van der Waals surface area contributed by atoms with Gasteiger partial charge in [-0.05, 0) is 0 Å². The first-order chi connectivity index (χ1) is 6.27. The average molecular weight is 224 g/mol. The summed E-state index contributed by atoms with van der Waals surface area (Å²) in [5, 5.41) is 18.2. The maximum absolute atomic E-state index is 12.8. The molecule has 14 heavy (non-hydrogen) atoms. The first-order valence-electron chi connectivity index (χ1n) is 2.93. The van der Waals surface area contributed by atoms with Crippen LogP contribution in [0.15, 0.2) is 22.0 Å². The lowest BCUT2D eigenvalue weighted by molar-refractivity contribution is -0.430. The molecule has 1 rings (SSSR count). The molecule has 8 nitrogen and oxygen atoms in total. The number of nitro groups is 2. The third-order valence-electron chi connectivity index (χ3n) is 1.31. The summed E-state index contributed by atoms with van der Waals surface area (Å²) in [7, 11) is -4.63. The number of hydrogen-bond donors (Lipinski definition) is 0. The number of allylic oxidation sites excluding steroid dienone is 1. The zero-order valence-corrected chi connectivity index (χ0v) is 7.02. The van der Waals surface area contributed by atoms with E-state index < -0.39 is 36.2 Å². The summed E-state index contributed by atoms with van der Waals surface area (Å²) in [6.45, 7) is 0. The molecule has 0 bridgehead atoms. The number of sulfone groups is 1. The maximum atomic E-state index is 12.8. The molecule has 0 amide bonds. The van der Waals surface area contributed by atoms with E-state index in [-0.39, 0.29) is 5.41 Å². The molecule has 0 fully saturated rings. The van der Waals surface area contributed by atoms with Crippen molar-refractivity contribution in [2.75, 3.05) is 0 Å². The molecule has 1 aliphatic heterocycles. The number of halogens is 1. The van der Waals surface area contributed by atoms with Crippen molar-refractivity contribution in [2.45, 2.75) is 0 Å². The highest BCUT2D eigenvalue weighted by atomic mass is 32.2. The van der Waals surface area contributed by atoms with E-state index in [1.54, 1.807) is 0 Å². The Morgan fingerprint density at radius 2 is 1.71 bits per heavy atom. The molecule has 0 saturated heterocycles. The summed E-state index contributed by atoms with van der Waals surface area (Å²) in [6, 6.07) is 0. The lowest BCUT2D eigenvalue weighted by Crippen LogP contribution is -2.07. The molecular formula is C4HFN2O6S. The van der Waals surface area contributed by atoms with Crippen molar-refractivity contribution in [1.29, 1.82) is 0 Å². The largest absolute Gasteiger partial charge is 0.405 e. The van der Waals surface area contributed by atoms with Gasteiger partial charge in [0.25, 0.3) is 15.7 Å². The fourth-order valence-corrected chi connectivity index (χ4v) is 1.95. The van der Waals surface area contributed by atoms with Gasteiger partial charge in [0.2, 0.25) is 0 Å². The smallest absolute Gasteiger partial charge is 0.258 e. The molecular weight excluding hydrogens is 223 g/mol. The van der Waals surface area contributed by atoms with Crippen LogP contribution in [0.25, 0.3) is 0 Å². The third-order valence-corrected chi connectivity index (χ3v) is 2.71. The van der Waals surface area contributed by atoms with Gasteiger partial charge in [-0.3, -0.25) is 20.2 Å². The second kappa shape index (κ2) is 2.83. The topological polar surface area (TPSA) is 120 Å². The molecule has 0 N–H and O–H groups in total. The molecule has 0 saturated carbocycles. The highest BCUT2D eigenvalue weighted by Gasteiger charge is 2.46. The monoisotopic (exact) mass is 224 g/mol. The van der Waals surface area contributed by atoms with Crippen LogP contribution < -0.4 is 0 Å². The standard InChI is InChI=1S/C4HFN2O6S/c5-3-2(6(8)9)1-14(12,13)4(3)7(10)11/h1H. The fraction of sp³-hybridized carbons (Fsp3) is 0. The van der Waals surface area contributed by atoms with Gasteiger partial charge in [0, 0.05) is 0 Å². The molecule has 1 heterocycles. The van der Waals surface area contributed by atoms with Crippen LogP contribution in [0.4, 0.5) is 4.39 Å². The molecule has 0 aromatic rings. The number of rotatable bonds is 2. The normalized spacial score (nSPS) is 19.4. The zero-order valence-electron chi connectivity index (χ0n) is 6.21. The van der Waals surface area contributed by atoms with Crippen LogP contribution in [0, 0.1) is 20.2 Å². The number of hydrogen-bond acceptors (Lipinski definition) is 6. The van der Waals surface area contributed by atoms with Crippen LogP contribution in [-0.4, -0.2) is 18.3 Å². The van der Waals surface area contributed by atoms with Gasteiger partial charge in [-0.2, -0.15) is 4.39 Å². The minimum atomic E-state index is -4.63. The van der Waals surface area contributed by atoms with E-state index in [0.717, 1.165) is 0 Å². The van der Waals surface area contributed by atoms with Gasteiger partial charge in [0.1, 0.15) is 5.41 Å². The minimum Gasteiger partial charge on any atom is -0.258 e. The molecule has 0 unspecified atom stereocenters. The van der Waals surface area contributed by atoms with Crippen molar-refractivity contribution >= 4 is 9.84 Å². The highest BCUT2D eigenvalue weighted by Crippen LogP contribution is 2.30. The molecule has 0 aromatic carbocycles. The zero-order chi connectivity index (χ0) is 11.1. The Hall–Kier alpha value is -1.84. The Labute approximate surface area is 75.5 Å². The van der Waals surface area contributed by atoms with Gasteiger partial charge in [0.15, 0.2) is 0 Å². The lowest BCUT2D eigenvalue weighted by atomic mass is 10.4. The van der Waals surface area contributed by atoms with E-state index in [2.05, 4.69) is 0 Å². The van der Waals surface area contributed by atoms with Crippen molar-refractivity contribution in [2.24, 2.45) is 0 Å². The maximum Gasteiger partial charge on any atom is 0.405 e. The van der Waals surface area contributed by atoms with E-state index in [4.69, 9.17) is 0 Å². The van der Waals surface area contributed by atoms with Crippen molar-refractivity contribution in [1.82, 2.24) is 0 Å². The quantitative estimate of drug-likeness (QED) is 0.478. The number of nitrogens with zero attached hydrogens (tertiary/aromatic N) is 2. The van der Waals surface area contributed by atoms with E-state index in [0.29, 0.717) is 0 Å². The van der Waals surface area contributed by atoms with Crippen LogP contribution in [0.3, 0.4) is 0 Å². The van der Waals surface area contributed by atoms with Crippen LogP contribution in [0.2, 0.25) is 0 Å². The van der Waals surface area contributed by atoms with Crippen molar-refractivity contribution in [3.8, 4) is 0 Å². The Bertz CT molecular complexity index is 488. The van der Waals surface area contributed by atoms with Crippen molar-refractivity contribution in [3.63, 3.8) is 0 Å². The Morgan fingerprint density at radius 3 is 1.93 bits per heavy atom. The summed E-state index contributed by atoms with van der Waals surface area (Å²) in [6.07, 6.45) is 0. The van der Waals surface area contributed by atoms with E-state index in [9.17, 15) is 33.0 Å². The van der Waals surface area contributed by atoms with Gasteiger partial charge in [-0.15, -0.1) is 0 Å². The van der Waals surface area contributed by atoms with Crippen LogP contribution in [-0.2, 0) is 9.84 Å². The second-order valence-electron chi connectivity index (χ2n) is 2.18. The Kier molecular flexibility index (Phi) is 2.07. The van der Waals surface area contributed by atoms with E-state index in [1.807, 2.05) is 0 Å². The van der Waals surface area contributed by atoms with Gasteiger partial charge in [0.05, 0.1) is 9.85 Å². The first-order valence-corrected chi connectivity index (χ1v) is 4.47. The van der Waals surface area contributed by atoms with Crippen LogP contribution >= 0.6 is 0 Å². The average Bonchev–Trinajstić information content (AvgIpc) is 2.20. The van der Waals surface area contributed by atoms with Gasteiger partial charge in [-0.1, -0.05) is 0 Å². The summed E-state index contributed by atoms with van der Waals surface area (Å²) in [4.78, 5) is 17.3. The van der Waals surface area contributed by atoms with Crippen LogP contribution in [0.5, 0.6) is 0 Å². The SMILES string of the molecule is O=[N+]([O-])C1=CS(=O)(=O)C([N+](=O)[O-])=C1F. The summed E-state index contributed by atoms with van der Waals surface area (Å²) >= 11 is 0. The predicted octanol–water partition coefficient (Wildman–Crippen LogP) is -0.0518. The fourth-order valence-electron chi connectivity index (χ4n) is 0.796. The highest BCUT2D eigenvalue weighted by molar-refractivity contribution is 7.98. The summed E-state index contributed by atoms with van der Waals surface area (Å²) < 4.78 is 34.4. The first kappa shape index (κ1) is 10.2. The minimum absolute atomic E-state index is 0.0829. The molecule has 76 valence electrons. The third kappa shape index (κ3) is 1.35.